The Morgan fingerprint density at radius 2 is 1.97 bits per heavy atom. The molecule has 0 bridgehead atoms. The van der Waals surface area contributed by atoms with Crippen LogP contribution in [0.15, 0.2) is 41.9 Å². The van der Waals surface area contributed by atoms with Gasteiger partial charge in [-0.3, -0.25) is 9.48 Å². The predicted octanol–water partition coefficient (Wildman–Crippen LogP) is 6.60. The maximum atomic E-state index is 12.8. The van der Waals surface area contributed by atoms with E-state index < -0.39 is 0 Å². The number of benzene rings is 1. The molecule has 3 aromatic rings. The topological polar surface area (TPSA) is 38.1 Å². The number of piperidine rings is 1. The summed E-state index contributed by atoms with van der Waals surface area (Å²) < 4.78 is 2.08. The van der Waals surface area contributed by atoms with Crippen LogP contribution in [-0.4, -0.2) is 33.7 Å². The minimum absolute atomic E-state index is 0.0863. The molecule has 0 N–H and O–H groups in total. The first kappa shape index (κ1) is 21.1. The molecule has 0 saturated carbocycles. The summed E-state index contributed by atoms with van der Waals surface area (Å²) >= 11 is 8.31. The quantitative estimate of drug-likeness (QED) is 0.432. The Hall–Kier alpha value is -2.11. The van der Waals surface area contributed by atoms with Crippen molar-refractivity contribution in [2.24, 2.45) is 5.92 Å². The van der Waals surface area contributed by atoms with Gasteiger partial charge < -0.3 is 4.90 Å². The first-order valence-corrected chi connectivity index (χ1v) is 12.0. The largest absolute Gasteiger partial charge is 0.339 e. The van der Waals surface area contributed by atoms with Crippen LogP contribution in [0.4, 0.5) is 0 Å². The smallest absolute Gasteiger partial charge is 0.253 e. The van der Waals surface area contributed by atoms with E-state index in [1.54, 1.807) is 11.3 Å². The third kappa shape index (κ3) is 4.62. The van der Waals surface area contributed by atoms with Gasteiger partial charge in [0.05, 0.1) is 10.6 Å². The molecule has 4 nitrogen and oxygen atoms in total. The fourth-order valence-electron chi connectivity index (χ4n) is 3.87. The average Bonchev–Trinajstić information content (AvgIpc) is 3.41. The second-order valence-electron chi connectivity index (χ2n) is 8.37. The maximum Gasteiger partial charge on any atom is 0.253 e. The SMILES string of the molecule is CC(C)CCn1nccc1-c1cc(-c2ccc(C(=O)N3CCCCC3)cc2Cl)cs1. The summed E-state index contributed by atoms with van der Waals surface area (Å²) in [5.41, 5.74) is 3.85. The molecule has 0 atom stereocenters. The molecule has 4 rings (SSSR count). The normalized spacial score (nSPS) is 14.5. The van der Waals surface area contributed by atoms with Crippen molar-refractivity contribution in [2.45, 2.75) is 46.1 Å². The third-order valence-electron chi connectivity index (χ3n) is 5.66. The Morgan fingerprint density at radius 3 is 2.70 bits per heavy atom. The highest BCUT2D eigenvalue weighted by molar-refractivity contribution is 7.14. The van der Waals surface area contributed by atoms with Gasteiger partial charge in [-0.05, 0) is 66.8 Å². The van der Waals surface area contributed by atoms with Crippen LogP contribution >= 0.6 is 22.9 Å². The molecule has 1 aliphatic rings. The Balaban J connectivity index is 1.54. The molecule has 1 aliphatic heterocycles. The zero-order valence-electron chi connectivity index (χ0n) is 17.6. The van der Waals surface area contributed by atoms with Gasteiger partial charge in [-0.15, -0.1) is 11.3 Å². The molecular weight excluding hydrogens is 414 g/mol. The minimum Gasteiger partial charge on any atom is -0.339 e. The molecule has 0 aliphatic carbocycles. The Kier molecular flexibility index (Phi) is 6.59. The summed E-state index contributed by atoms with van der Waals surface area (Å²) in [7, 11) is 0. The lowest BCUT2D eigenvalue weighted by Gasteiger charge is -2.26. The van der Waals surface area contributed by atoms with Gasteiger partial charge in [-0.25, -0.2) is 0 Å². The van der Waals surface area contributed by atoms with Gasteiger partial charge >= 0.3 is 0 Å². The van der Waals surface area contributed by atoms with Crippen LogP contribution in [0.25, 0.3) is 21.7 Å². The molecule has 1 fully saturated rings. The van der Waals surface area contributed by atoms with E-state index in [-0.39, 0.29) is 5.91 Å². The lowest BCUT2D eigenvalue weighted by Crippen LogP contribution is -2.35. The molecule has 2 aromatic heterocycles. The van der Waals surface area contributed by atoms with Gasteiger partial charge in [0.15, 0.2) is 0 Å². The fourth-order valence-corrected chi connectivity index (χ4v) is 5.10. The van der Waals surface area contributed by atoms with E-state index in [0.29, 0.717) is 16.5 Å². The van der Waals surface area contributed by atoms with Crippen molar-refractivity contribution < 1.29 is 4.79 Å². The van der Waals surface area contributed by atoms with Crippen molar-refractivity contribution in [1.82, 2.24) is 14.7 Å². The second kappa shape index (κ2) is 9.36. The van der Waals surface area contributed by atoms with Crippen molar-refractivity contribution >= 4 is 28.8 Å². The van der Waals surface area contributed by atoms with Gasteiger partial charge in [0.1, 0.15) is 0 Å². The molecule has 0 spiro atoms. The van der Waals surface area contributed by atoms with Crippen LogP contribution in [0.1, 0.15) is 49.9 Å². The number of aromatic nitrogens is 2. The van der Waals surface area contributed by atoms with Gasteiger partial charge in [0.2, 0.25) is 0 Å². The number of carbonyl (C=O) groups is 1. The number of hydrogen-bond acceptors (Lipinski definition) is 3. The number of likely N-dealkylation sites (tertiary alicyclic amines) is 1. The molecule has 3 heterocycles. The highest BCUT2D eigenvalue weighted by atomic mass is 35.5. The van der Waals surface area contributed by atoms with Gasteiger partial charge in [-0.2, -0.15) is 5.10 Å². The summed E-state index contributed by atoms with van der Waals surface area (Å²) in [6.07, 6.45) is 6.35. The Bertz CT molecular complexity index is 1020. The number of nitrogens with zero attached hydrogens (tertiary/aromatic N) is 3. The monoisotopic (exact) mass is 441 g/mol. The molecule has 1 aromatic carbocycles. The van der Waals surface area contributed by atoms with Crippen molar-refractivity contribution in [3.63, 3.8) is 0 Å². The van der Waals surface area contributed by atoms with Crippen LogP contribution in [0, 0.1) is 5.92 Å². The van der Waals surface area contributed by atoms with Crippen LogP contribution < -0.4 is 0 Å². The van der Waals surface area contributed by atoms with E-state index in [4.69, 9.17) is 11.6 Å². The predicted molar refractivity (Wildman–Crippen MR) is 125 cm³/mol. The third-order valence-corrected chi connectivity index (χ3v) is 6.92. The number of thiophene rings is 1. The standard InChI is InChI=1S/C24H28ClN3OS/c1-17(2)9-13-28-22(8-10-26-28)23-15-19(16-30-23)20-7-6-18(14-21(20)25)24(29)27-11-4-3-5-12-27/h6-8,10,14-17H,3-5,9,11-13H2,1-2H3. The summed E-state index contributed by atoms with van der Waals surface area (Å²) in [4.78, 5) is 15.9. The molecule has 0 radical (unpaired) electrons. The van der Waals surface area contributed by atoms with E-state index in [1.807, 2.05) is 29.3 Å². The van der Waals surface area contributed by atoms with Gasteiger partial charge in [0, 0.05) is 42.0 Å². The van der Waals surface area contributed by atoms with Crippen molar-refractivity contribution in [3.8, 4) is 21.7 Å². The molecule has 6 heteroatoms. The number of aryl methyl sites for hydroxylation is 1. The number of rotatable bonds is 6. The second-order valence-corrected chi connectivity index (χ2v) is 9.69. The summed E-state index contributed by atoms with van der Waals surface area (Å²) in [6.45, 7) is 7.07. The average molecular weight is 442 g/mol. The molecule has 30 heavy (non-hydrogen) atoms. The highest BCUT2D eigenvalue weighted by Crippen LogP contribution is 2.36. The number of hydrogen-bond donors (Lipinski definition) is 0. The van der Waals surface area contributed by atoms with Crippen molar-refractivity contribution in [3.05, 3.63) is 52.5 Å². The van der Waals surface area contributed by atoms with E-state index >= 15 is 0 Å². The van der Waals surface area contributed by atoms with Gasteiger partial charge in [-0.1, -0.05) is 31.5 Å². The Morgan fingerprint density at radius 1 is 1.17 bits per heavy atom. The van der Waals surface area contributed by atoms with Crippen molar-refractivity contribution in [2.75, 3.05) is 13.1 Å². The minimum atomic E-state index is 0.0863. The first-order valence-electron chi connectivity index (χ1n) is 10.7. The van der Waals surface area contributed by atoms with Gasteiger partial charge in [0.25, 0.3) is 5.91 Å². The van der Waals surface area contributed by atoms with E-state index in [2.05, 4.69) is 41.1 Å². The van der Waals surface area contributed by atoms with Crippen molar-refractivity contribution in [1.29, 1.82) is 0 Å². The zero-order valence-corrected chi connectivity index (χ0v) is 19.2. The first-order chi connectivity index (χ1) is 14.5. The lowest BCUT2D eigenvalue weighted by molar-refractivity contribution is 0.0724. The maximum absolute atomic E-state index is 12.8. The molecule has 0 unspecified atom stereocenters. The van der Waals surface area contributed by atoms with E-state index in [1.165, 1.54) is 11.3 Å². The number of carbonyl (C=O) groups excluding carboxylic acids is 1. The molecule has 158 valence electrons. The molecule has 1 amide bonds. The summed E-state index contributed by atoms with van der Waals surface area (Å²) in [6, 6.07) is 9.93. The van der Waals surface area contributed by atoms with Crippen LogP contribution in [0.3, 0.4) is 0 Å². The van der Waals surface area contributed by atoms with Crippen LogP contribution in [0.5, 0.6) is 0 Å². The van der Waals surface area contributed by atoms with Crippen LogP contribution in [0.2, 0.25) is 5.02 Å². The molecular formula is C24H28ClN3OS. The van der Waals surface area contributed by atoms with Crippen LogP contribution in [-0.2, 0) is 6.54 Å². The number of halogens is 1. The molecule has 1 saturated heterocycles. The summed E-state index contributed by atoms with van der Waals surface area (Å²) in [5.74, 6) is 0.731. The fraction of sp³-hybridized carbons (Fsp3) is 0.417. The highest BCUT2D eigenvalue weighted by Gasteiger charge is 2.19. The zero-order chi connectivity index (χ0) is 21.1. The van der Waals surface area contributed by atoms with E-state index in [9.17, 15) is 4.79 Å². The lowest BCUT2D eigenvalue weighted by atomic mass is 10.0. The Labute approximate surface area is 187 Å². The number of amides is 1. The summed E-state index contributed by atoms with van der Waals surface area (Å²) in [5, 5.41) is 7.24. The van der Waals surface area contributed by atoms with E-state index in [0.717, 1.165) is 55.7 Å².